The van der Waals surface area contributed by atoms with E-state index in [0.717, 1.165) is 5.69 Å². The Morgan fingerprint density at radius 2 is 1.71 bits per heavy atom. The number of carbonyl (C=O) groups excluding carboxylic acids is 1. The molecule has 6 nitrogen and oxygen atoms in total. The minimum Gasteiger partial charge on any atom is -0.497 e. The third kappa shape index (κ3) is 3.62. The van der Waals surface area contributed by atoms with Gasteiger partial charge in [-0.25, -0.2) is 4.98 Å². The number of methoxy groups -OCH3 is 2. The third-order valence-electron chi connectivity index (χ3n) is 2.89. The van der Waals surface area contributed by atoms with Gasteiger partial charge < -0.3 is 20.1 Å². The summed E-state index contributed by atoms with van der Waals surface area (Å²) in [5, 5.41) is 5.71. The van der Waals surface area contributed by atoms with Gasteiger partial charge in [0, 0.05) is 30.9 Å². The molecule has 0 spiro atoms. The molecule has 2 N–H and O–H groups in total. The number of nitrogens with one attached hydrogen (secondary N) is 2. The van der Waals surface area contributed by atoms with Gasteiger partial charge in [0.05, 0.1) is 26.1 Å². The molecule has 1 aromatic heterocycles. The molecule has 2 rings (SSSR count). The van der Waals surface area contributed by atoms with Gasteiger partial charge in [0.2, 0.25) is 0 Å². The molecular formula is C15H17N3O3. The Hall–Kier alpha value is -2.76. The molecule has 1 heterocycles. The molecule has 0 saturated heterocycles. The molecule has 110 valence electrons. The summed E-state index contributed by atoms with van der Waals surface area (Å²) in [6.45, 7) is 0. The highest BCUT2D eigenvalue weighted by Gasteiger charge is 2.09. The molecule has 0 radical (unpaired) electrons. The largest absolute Gasteiger partial charge is 0.497 e. The van der Waals surface area contributed by atoms with Gasteiger partial charge in [-0.1, -0.05) is 0 Å². The first-order chi connectivity index (χ1) is 10.2. The summed E-state index contributed by atoms with van der Waals surface area (Å²) in [6.07, 6.45) is 1.60. The number of hydrogen-bond donors (Lipinski definition) is 2. The SMILES string of the molecule is CNc1ccc(C(=O)Nc2cc(OC)cc(OC)c2)nc1. The van der Waals surface area contributed by atoms with Gasteiger partial charge in [0.15, 0.2) is 0 Å². The van der Waals surface area contributed by atoms with Crippen molar-refractivity contribution in [2.45, 2.75) is 0 Å². The zero-order valence-corrected chi connectivity index (χ0v) is 12.1. The van der Waals surface area contributed by atoms with E-state index >= 15 is 0 Å². The molecule has 1 amide bonds. The van der Waals surface area contributed by atoms with Crippen molar-refractivity contribution in [3.63, 3.8) is 0 Å². The lowest BCUT2D eigenvalue weighted by molar-refractivity contribution is 0.102. The van der Waals surface area contributed by atoms with E-state index in [1.54, 1.807) is 57.8 Å². The summed E-state index contributed by atoms with van der Waals surface area (Å²) < 4.78 is 10.3. The second-order valence-electron chi connectivity index (χ2n) is 4.24. The van der Waals surface area contributed by atoms with E-state index in [4.69, 9.17) is 9.47 Å². The molecule has 2 aromatic rings. The normalized spacial score (nSPS) is 9.86. The van der Waals surface area contributed by atoms with E-state index in [1.807, 2.05) is 0 Å². The van der Waals surface area contributed by atoms with E-state index < -0.39 is 0 Å². The molecule has 0 aliphatic rings. The summed E-state index contributed by atoms with van der Waals surface area (Å²) in [5.74, 6) is 0.902. The van der Waals surface area contributed by atoms with Gasteiger partial charge in [-0.15, -0.1) is 0 Å². The predicted molar refractivity (Wildman–Crippen MR) is 81.3 cm³/mol. The number of pyridine rings is 1. The van der Waals surface area contributed by atoms with Gasteiger partial charge in [-0.3, -0.25) is 4.79 Å². The van der Waals surface area contributed by atoms with Gasteiger partial charge in [-0.2, -0.15) is 0 Å². The highest BCUT2D eigenvalue weighted by Crippen LogP contribution is 2.26. The van der Waals surface area contributed by atoms with Crippen LogP contribution in [0.25, 0.3) is 0 Å². The van der Waals surface area contributed by atoms with Gasteiger partial charge in [0.25, 0.3) is 5.91 Å². The zero-order chi connectivity index (χ0) is 15.2. The molecule has 0 aliphatic carbocycles. The molecular weight excluding hydrogens is 270 g/mol. The zero-order valence-electron chi connectivity index (χ0n) is 12.1. The summed E-state index contributed by atoms with van der Waals surface area (Å²) in [4.78, 5) is 16.2. The molecule has 0 fully saturated rings. The lowest BCUT2D eigenvalue weighted by atomic mass is 10.2. The second kappa shape index (κ2) is 6.60. The van der Waals surface area contributed by atoms with Crippen LogP contribution in [-0.4, -0.2) is 32.2 Å². The van der Waals surface area contributed by atoms with Crippen molar-refractivity contribution >= 4 is 17.3 Å². The van der Waals surface area contributed by atoms with Crippen LogP contribution in [0.2, 0.25) is 0 Å². The Morgan fingerprint density at radius 1 is 1.05 bits per heavy atom. The lowest BCUT2D eigenvalue weighted by Crippen LogP contribution is -2.13. The number of nitrogens with zero attached hydrogens (tertiary/aromatic N) is 1. The van der Waals surface area contributed by atoms with Crippen LogP contribution in [0.4, 0.5) is 11.4 Å². The fourth-order valence-corrected chi connectivity index (χ4v) is 1.75. The van der Waals surface area contributed by atoms with Crippen molar-refractivity contribution in [2.75, 3.05) is 31.9 Å². The number of amides is 1. The number of benzene rings is 1. The maximum atomic E-state index is 12.1. The monoisotopic (exact) mass is 287 g/mol. The van der Waals surface area contributed by atoms with E-state index in [1.165, 1.54) is 0 Å². The Balaban J connectivity index is 2.18. The smallest absolute Gasteiger partial charge is 0.274 e. The van der Waals surface area contributed by atoms with Gasteiger partial charge in [-0.05, 0) is 12.1 Å². The lowest BCUT2D eigenvalue weighted by Gasteiger charge is -2.09. The van der Waals surface area contributed by atoms with Crippen molar-refractivity contribution in [1.29, 1.82) is 0 Å². The Labute approximate surface area is 123 Å². The first-order valence-corrected chi connectivity index (χ1v) is 6.34. The van der Waals surface area contributed by atoms with E-state index in [2.05, 4.69) is 15.6 Å². The third-order valence-corrected chi connectivity index (χ3v) is 2.89. The van der Waals surface area contributed by atoms with E-state index in [0.29, 0.717) is 22.9 Å². The van der Waals surface area contributed by atoms with E-state index in [-0.39, 0.29) is 5.91 Å². The van der Waals surface area contributed by atoms with Crippen molar-refractivity contribution < 1.29 is 14.3 Å². The average Bonchev–Trinajstić information content (AvgIpc) is 2.54. The topological polar surface area (TPSA) is 72.5 Å². The number of hydrogen-bond acceptors (Lipinski definition) is 5. The summed E-state index contributed by atoms with van der Waals surface area (Å²) in [7, 11) is 4.90. The van der Waals surface area contributed by atoms with Crippen LogP contribution in [-0.2, 0) is 0 Å². The van der Waals surface area contributed by atoms with Crippen LogP contribution in [0, 0.1) is 0 Å². The Morgan fingerprint density at radius 3 is 2.19 bits per heavy atom. The average molecular weight is 287 g/mol. The second-order valence-corrected chi connectivity index (χ2v) is 4.24. The number of aromatic nitrogens is 1. The van der Waals surface area contributed by atoms with Gasteiger partial charge >= 0.3 is 0 Å². The fourth-order valence-electron chi connectivity index (χ4n) is 1.75. The Kier molecular flexibility index (Phi) is 4.61. The van der Waals surface area contributed by atoms with Gasteiger partial charge in [0.1, 0.15) is 17.2 Å². The van der Waals surface area contributed by atoms with Crippen LogP contribution in [0.5, 0.6) is 11.5 Å². The molecule has 0 unspecified atom stereocenters. The maximum absolute atomic E-state index is 12.1. The summed E-state index contributed by atoms with van der Waals surface area (Å²) >= 11 is 0. The first-order valence-electron chi connectivity index (χ1n) is 6.34. The Bertz CT molecular complexity index is 604. The predicted octanol–water partition coefficient (Wildman–Crippen LogP) is 2.39. The van der Waals surface area contributed by atoms with E-state index in [9.17, 15) is 4.79 Å². The minimum atomic E-state index is -0.298. The standard InChI is InChI=1S/C15H17N3O3/c1-16-10-4-5-14(17-9-10)15(19)18-11-6-12(20-2)8-13(7-11)21-3/h4-9,16H,1-3H3,(H,18,19). The summed E-state index contributed by atoms with van der Waals surface area (Å²) in [5.41, 5.74) is 1.75. The number of anilines is 2. The van der Waals surface area contributed by atoms with Crippen molar-refractivity contribution in [1.82, 2.24) is 4.98 Å². The minimum absolute atomic E-state index is 0.298. The first kappa shape index (κ1) is 14.6. The number of ether oxygens (including phenoxy) is 2. The van der Waals surface area contributed by atoms with Crippen molar-refractivity contribution in [3.05, 3.63) is 42.2 Å². The van der Waals surface area contributed by atoms with Crippen LogP contribution >= 0.6 is 0 Å². The van der Waals surface area contributed by atoms with Crippen molar-refractivity contribution in [3.8, 4) is 11.5 Å². The van der Waals surface area contributed by atoms with Crippen molar-refractivity contribution in [2.24, 2.45) is 0 Å². The number of carbonyl (C=O) groups is 1. The van der Waals surface area contributed by atoms with Crippen LogP contribution < -0.4 is 20.1 Å². The van der Waals surface area contributed by atoms with Crippen LogP contribution in [0.3, 0.4) is 0 Å². The van der Waals surface area contributed by atoms with Crippen LogP contribution in [0.15, 0.2) is 36.5 Å². The fraction of sp³-hybridized carbons (Fsp3) is 0.200. The molecule has 21 heavy (non-hydrogen) atoms. The highest BCUT2D eigenvalue weighted by atomic mass is 16.5. The molecule has 0 atom stereocenters. The quantitative estimate of drug-likeness (QED) is 0.883. The molecule has 1 aromatic carbocycles. The van der Waals surface area contributed by atoms with Crippen LogP contribution in [0.1, 0.15) is 10.5 Å². The molecule has 6 heteroatoms. The molecule has 0 bridgehead atoms. The number of rotatable bonds is 5. The molecule has 0 saturated carbocycles. The highest BCUT2D eigenvalue weighted by molar-refractivity contribution is 6.03. The maximum Gasteiger partial charge on any atom is 0.274 e. The molecule has 0 aliphatic heterocycles. The summed E-state index contributed by atoms with van der Waals surface area (Å²) in [6, 6.07) is 8.59.